The lowest BCUT2D eigenvalue weighted by molar-refractivity contribution is -0.117. The van der Waals surface area contributed by atoms with Gasteiger partial charge in [0.1, 0.15) is 11.1 Å². The average Bonchev–Trinajstić information content (AvgIpc) is 2.95. The van der Waals surface area contributed by atoms with Gasteiger partial charge in [0, 0.05) is 19.7 Å². The van der Waals surface area contributed by atoms with E-state index in [0.717, 1.165) is 17.5 Å². The third kappa shape index (κ3) is 3.90. The maximum atomic E-state index is 12.4. The largest absolute Gasteiger partial charge is 0.444 e. The van der Waals surface area contributed by atoms with E-state index in [9.17, 15) is 9.59 Å². The number of nitrogens with zero attached hydrogens (tertiary/aromatic N) is 3. The molecule has 0 aliphatic rings. The summed E-state index contributed by atoms with van der Waals surface area (Å²) in [6.07, 6.45) is 0.174. The van der Waals surface area contributed by atoms with E-state index in [1.807, 2.05) is 36.4 Å². The summed E-state index contributed by atoms with van der Waals surface area (Å²) in [5.74, 6) is 0. The zero-order valence-electron chi connectivity index (χ0n) is 15.6. The summed E-state index contributed by atoms with van der Waals surface area (Å²) >= 11 is 0. The second-order valence-electron chi connectivity index (χ2n) is 7.21. The number of aromatic nitrogens is 2. The summed E-state index contributed by atoms with van der Waals surface area (Å²) in [4.78, 5) is 25.7. The Bertz CT molecular complexity index is 762. The normalized spacial score (nSPS) is 13.8. The smallest absolute Gasteiger partial charge is 0.411 e. The van der Waals surface area contributed by atoms with Crippen molar-refractivity contribution in [1.29, 1.82) is 0 Å². The molecule has 0 aliphatic heterocycles. The maximum absolute atomic E-state index is 12.4. The molecule has 134 valence electrons. The van der Waals surface area contributed by atoms with E-state index in [-0.39, 0.29) is 0 Å². The monoisotopic (exact) mass is 343 g/mol. The van der Waals surface area contributed by atoms with Crippen LogP contribution in [-0.4, -0.2) is 39.7 Å². The van der Waals surface area contributed by atoms with Crippen molar-refractivity contribution in [1.82, 2.24) is 14.7 Å². The highest BCUT2D eigenvalue weighted by atomic mass is 16.6. The summed E-state index contributed by atoms with van der Waals surface area (Å²) in [7, 11) is 3.31. The minimum Gasteiger partial charge on any atom is -0.444 e. The van der Waals surface area contributed by atoms with E-state index >= 15 is 0 Å². The van der Waals surface area contributed by atoms with Crippen molar-refractivity contribution in [3.8, 4) is 11.3 Å². The lowest BCUT2D eigenvalue weighted by Gasteiger charge is -2.35. The molecule has 6 nitrogen and oxygen atoms in total. The number of hydrogen-bond acceptors (Lipinski definition) is 4. The minimum absolute atomic E-state index is 0.565. The van der Waals surface area contributed by atoms with Gasteiger partial charge < -0.3 is 9.53 Å². The molecule has 2 rings (SSSR count). The van der Waals surface area contributed by atoms with Crippen LogP contribution in [0.15, 0.2) is 36.4 Å². The van der Waals surface area contributed by atoms with Crippen molar-refractivity contribution < 1.29 is 14.3 Å². The maximum Gasteiger partial charge on any atom is 0.411 e. The van der Waals surface area contributed by atoms with E-state index in [4.69, 9.17) is 4.74 Å². The Morgan fingerprint density at radius 3 is 2.32 bits per heavy atom. The summed E-state index contributed by atoms with van der Waals surface area (Å²) < 4.78 is 7.02. The Morgan fingerprint density at radius 2 is 1.80 bits per heavy atom. The summed E-state index contributed by atoms with van der Waals surface area (Å²) in [6.45, 7) is 7.04. The fourth-order valence-corrected chi connectivity index (χ4v) is 2.52. The molecule has 0 fully saturated rings. The lowest BCUT2D eigenvalue weighted by atomic mass is 9.97. The van der Waals surface area contributed by atoms with Crippen LogP contribution in [0, 0.1) is 0 Å². The van der Waals surface area contributed by atoms with Gasteiger partial charge in [0.05, 0.1) is 11.4 Å². The molecule has 6 heteroatoms. The number of ether oxygens (including phenoxy) is 1. The SMILES string of the molecule is CN(C(=O)OC(C)(C)C)C(C)(C=O)c1cc(-c2ccccc2)nn1C. The number of aldehydes is 1. The van der Waals surface area contributed by atoms with Crippen molar-refractivity contribution in [3.05, 3.63) is 42.1 Å². The van der Waals surface area contributed by atoms with Gasteiger partial charge in [-0.05, 0) is 33.8 Å². The summed E-state index contributed by atoms with van der Waals surface area (Å²) in [5, 5.41) is 4.49. The number of amides is 1. The molecule has 1 aromatic heterocycles. The highest BCUT2D eigenvalue weighted by molar-refractivity contribution is 5.78. The molecule has 1 aromatic carbocycles. The zero-order chi connectivity index (χ0) is 18.8. The average molecular weight is 343 g/mol. The van der Waals surface area contributed by atoms with Crippen LogP contribution < -0.4 is 0 Å². The number of hydrogen-bond donors (Lipinski definition) is 0. The number of likely N-dealkylation sites (N-methyl/N-ethyl adjacent to an activating group) is 1. The number of carbonyl (C=O) groups is 2. The molecule has 1 atom stereocenters. The minimum atomic E-state index is -1.20. The van der Waals surface area contributed by atoms with Gasteiger partial charge >= 0.3 is 6.09 Å². The second-order valence-corrected chi connectivity index (χ2v) is 7.21. The van der Waals surface area contributed by atoms with Crippen molar-refractivity contribution >= 4 is 12.4 Å². The van der Waals surface area contributed by atoms with Gasteiger partial charge in [-0.2, -0.15) is 5.10 Å². The molecule has 25 heavy (non-hydrogen) atoms. The van der Waals surface area contributed by atoms with Gasteiger partial charge in [-0.25, -0.2) is 4.79 Å². The van der Waals surface area contributed by atoms with E-state index in [1.165, 1.54) is 4.90 Å². The predicted octanol–water partition coefficient (Wildman–Crippen LogP) is 3.37. The first kappa shape index (κ1) is 18.7. The molecule has 1 heterocycles. The molecule has 0 bridgehead atoms. The number of carbonyl (C=O) groups excluding carboxylic acids is 2. The highest BCUT2D eigenvalue weighted by Crippen LogP contribution is 2.30. The van der Waals surface area contributed by atoms with Crippen LogP contribution in [-0.2, 0) is 22.1 Å². The molecule has 0 spiro atoms. The lowest BCUT2D eigenvalue weighted by Crippen LogP contribution is -2.49. The first-order valence-corrected chi connectivity index (χ1v) is 8.11. The Labute approximate surface area is 148 Å². The molecule has 0 radical (unpaired) electrons. The zero-order valence-corrected chi connectivity index (χ0v) is 15.6. The van der Waals surface area contributed by atoms with Gasteiger partial charge in [0.25, 0.3) is 0 Å². The fraction of sp³-hybridized carbons (Fsp3) is 0.421. The molecule has 0 N–H and O–H groups in total. The topological polar surface area (TPSA) is 64.4 Å². The number of benzene rings is 1. The Kier molecular flexibility index (Phi) is 5.02. The first-order chi connectivity index (χ1) is 11.6. The fourth-order valence-electron chi connectivity index (χ4n) is 2.52. The van der Waals surface area contributed by atoms with Gasteiger partial charge in [-0.15, -0.1) is 0 Å². The Hall–Kier alpha value is -2.63. The van der Waals surface area contributed by atoms with E-state index in [2.05, 4.69) is 5.10 Å². The van der Waals surface area contributed by atoms with Crippen molar-refractivity contribution in [2.45, 2.75) is 38.8 Å². The van der Waals surface area contributed by atoms with Crippen LogP contribution in [0.25, 0.3) is 11.3 Å². The second kappa shape index (κ2) is 6.70. The molecular weight excluding hydrogens is 318 g/mol. The number of rotatable bonds is 4. The molecule has 0 saturated heterocycles. The molecule has 0 saturated carbocycles. The molecule has 0 aliphatic carbocycles. The van der Waals surface area contributed by atoms with Gasteiger partial charge in [0.15, 0.2) is 6.29 Å². The molecule has 2 aromatic rings. The van der Waals surface area contributed by atoms with Crippen LogP contribution in [0.2, 0.25) is 0 Å². The molecule has 1 unspecified atom stereocenters. The summed E-state index contributed by atoms with van der Waals surface area (Å²) in [5.41, 5.74) is 0.449. The van der Waals surface area contributed by atoms with Gasteiger partial charge in [-0.3, -0.25) is 9.58 Å². The highest BCUT2D eigenvalue weighted by Gasteiger charge is 2.39. The van der Waals surface area contributed by atoms with Crippen LogP contribution in [0.1, 0.15) is 33.4 Å². The summed E-state index contributed by atoms with van der Waals surface area (Å²) in [6, 6.07) is 11.5. The Balaban J connectivity index is 2.41. The Morgan fingerprint density at radius 1 is 1.20 bits per heavy atom. The van der Waals surface area contributed by atoms with E-state index in [0.29, 0.717) is 5.69 Å². The quantitative estimate of drug-likeness (QED) is 0.799. The van der Waals surface area contributed by atoms with Crippen LogP contribution in [0.3, 0.4) is 0 Å². The van der Waals surface area contributed by atoms with Gasteiger partial charge in [-0.1, -0.05) is 30.3 Å². The van der Waals surface area contributed by atoms with Crippen LogP contribution in [0.4, 0.5) is 4.79 Å². The van der Waals surface area contributed by atoms with E-state index in [1.54, 1.807) is 46.5 Å². The van der Waals surface area contributed by atoms with Gasteiger partial charge in [0.2, 0.25) is 0 Å². The van der Waals surface area contributed by atoms with Crippen LogP contribution in [0.5, 0.6) is 0 Å². The standard InChI is InChI=1S/C19H25N3O3/c1-18(2,3)25-17(24)21(5)19(4,13-23)16-12-15(20-22(16)6)14-10-8-7-9-11-14/h7-13H,1-6H3. The predicted molar refractivity (Wildman–Crippen MR) is 96.1 cm³/mol. The van der Waals surface area contributed by atoms with E-state index < -0.39 is 17.2 Å². The first-order valence-electron chi connectivity index (χ1n) is 8.11. The molecular formula is C19H25N3O3. The van der Waals surface area contributed by atoms with Crippen molar-refractivity contribution in [3.63, 3.8) is 0 Å². The molecule has 1 amide bonds. The van der Waals surface area contributed by atoms with Crippen LogP contribution >= 0.6 is 0 Å². The van der Waals surface area contributed by atoms with Crippen molar-refractivity contribution in [2.24, 2.45) is 7.05 Å². The number of aryl methyl sites for hydroxylation is 1. The third-order valence-electron chi connectivity index (χ3n) is 4.06. The third-order valence-corrected chi connectivity index (χ3v) is 4.06. The van der Waals surface area contributed by atoms with Crippen molar-refractivity contribution in [2.75, 3.05) is 7.05 Å².